The predicted octanol–water partition coefficient (Wildman–Crippen LogP) is 6.57. The van der Waals surface area contributed by atoms with Crippen molar-refractivity contribution in [3.63, 3.8) is 0 Å². The van der Waals surface area contributed by atoms with Gasteiger partial charge in [-0.15, -0.1) is 35.0 Å². The highest BCUT2D eigenvalue weighted by Crippen LogP contribution is 2.32. The molecule has 0 saturated carbocycles. The lowest BCUT2D eigenvalue weighted by atomic mass is 10.0. The molecule has 2 nitrogen and oxygen atoms in total. The molecule has 0 aromatic rings. The number of carbonyl (C=O) groups is 1. The summed E-state index contributed by atoms with van der Waals surface area (Å²) in [7, 11) is 0. The highest BCUT2D eigenvalue weighted by molar-refractivity contribution is 6.67. The molecule has 0 aliphatic rings. The van der Waals surface area contributed by atoms with E-state index < -0.39 is 8.63 Å². The van der Waals surface area contributed by atoms with Gasteiger partial charge in [-0.3, -0.25) is 4.79 Å². The second-order valence-electron chi connectivity index (χ2n) is 5.81. The van der Waals surface area contributed by atoms with E-state index >= 15 is 0 Å². The molecule has 0 unspecified atom stereocenters. The van der Waals surface area contributed by atoms with E-state index in [0.717, 1.165) is 51.4 Å². The number of nitrogens with one attached hydrogen (secondary N) is 1. The molecule has 0 radical (unpaired) electrons. The zero-order chi connectivity index (χ0) is 18.4. The SMILES string of the molecule is CC(=O)N[C@@H](CCCC#CCC(Cl)Cl)CCCCCCC(Cl)(Cl)Cl. The summed E-state index contributed by atoms with van der Waals surface area (Å²) >= 11 is 28.4. The summed E-state index contributed by atoms with van der Waals surface area (Å²) in [5.41, 5.74) is 0. The predicted molar refractivity (Wildman–Crippen MR) is 107 cm³/mol. The van der Waals surface area contributed by atoms with Gasteiger partial charge < -0.3 is 5.32 Å². The van der Waals surface area contributed by atoms with Gasteiger partial charge in [0.05, 0.1) is 0 Å². The van der Waals surface area contributed by atoms with Crippen LogP contribution < -0.4 is 5.32 Å². The molecule has 0 aromatic heterocycles. The summed E-state index contributed by atoms with van der Waals surface area (Å²) in [6.07, 6.45) is 8.76. The average molecular weight is 438 g/mol. The van der Waals surface area contributed by atoms with Gasteiger partial charge in [0.2, 0.25) is 5.91 Å². The minimum atomic E-state index is -1.15. The Morgan fingerprint density at radius 3 is 2.21 bits per heavy atom. The molecule has 1 amide bonds. The van der Waals surface area contributed by atoms with Crippen molar-refractivity contribution in [3.05, 3.63) is 0 Å². The molecule has 24 heavy (non-hydrogen) atoms. The summed E-state index contributed by atoms with van der Waals surface area (Å²) < 4.78 is -1.15. The lowest BCUT2D eigenvalue weighted by molar-refractivity contribution is -0.119. The second-order valence-corrected chi connectivity index (χ2v) is 9.60. The third-order valence-corrected chi connectivity index (χ3v) is 4.28. The van der Waals surface area contributed by atoms with Crippen LogP contribution in [-0.4, -0.2) is 20.6 Å². The van der Waals surface area contributed by atoms with Crippen LogP contribution in [-0.2, 0) is 4.79 Å². The summed E-state index contributed by atoms with van der Waals surface area (Å²) in [6, 6.07) is 0.200. The minimum Gasteiger partial charge on any atom is -0.354 e. The monoisotopic (exact) mass is 435 g/mol. The zero-order valence-electron chi connectivity index (χ0n) is 14.0. The number of rotatable bonds is 11. The molecule has 0 bridgehead atoms. The molecule has 140 valence electrons. The van der Waals surface area contributed by atoms with Crippen molar-refractivity contribution < 1.29 is 4.79 Å². The fourth-order valence-corrected chi connectivity index (χ4v) is 2.88. The fraction of sp³-hybridized carbons (Fsp3) is 0.824. The smallest absolute Gasteiger partial charge is 0.217 e. The molecular formula is C17H26Cl5NO. The molecule has 0 spiro atoms. The third kappa shape index (κ3) is 18.8. The van der Waals surface area contributed by atoms with Crippen molar-refractivity contribution in [1.29, 1.82) is 0 Å². The van der Waals surface area contributed by atoms with Gasteiger partial charge in [-0.1, -0.05) is 54.1 Å². The largest absolute Gasteiger partial charge is 0.354 e. The van der Waals surface area contributed by atoms with Crippen molar-refractivity contribution in [1.82, 2.24) is 5.32 Å². The van der Waals surface area contributed by atoms with Gasteiger partial charge in [-0.05, 0) is 32.1 Å². The quantitative estimate of drug-likeness (QED) is 0.221. The average Bonchev–Trinajstić information content (AvgIpc) is 2.43. The van der Waals surface area contributed by atoms with Gasteiger partial charge in [0.15, 0.2) is 3.79 Å². The van der Waals surface area contributed by atoms with Crippen LogP contribution in [0.2, 0.25) is 0 Å². The normalized spacial score (nSPS) is 12.6. The van der Waals surface area contributed by atoms with Gasteiger partial charge in [0.1, 0.15) is 4.84 Å². The Bertz CT molecular complexity index is 398. The van der Waals surface area contributed by atoms with Gasteiger partial charge in [-0.2, -0.15) is 0 Å². The Morgan fingerprint density at radius 2 is 1.62 bits per heavy atom. The topological polar surface area (TPSA) is 29.1 Å². The Hall–Kier alpha value is 0.480. The number of amides is 1. The third-order valence-electron chi connectivity index (χ3n) is 3.41. The van der Waals surface area contributed by atoms with E-state index in [1.165, 1.54) is 0 Å². The van der Waals surface area contributed by atoms with Crippen molar-refractivity contribution in [2.45, 2.75) is 85.8 Å². The molecule has 0 heterocycles. The minimum absolute atomic E-state index is 0.00871. The van der Waals surface area contributed by atoms with E-state index in [1.807, 2.05) is 0 Å². The molecule has 0 aromatic carbocycles. The Balaban J connectivity index is 3.88. The van der Waals surface area contributed by atoms with Crippen LogP contribution in [0.15, 0.2) is 0 Å². The number of hydrogen-bond donors (Lipinski definition) is 1. The van der Waals surface area contributed by atoms with E-state index in [4.69, 9.17) is 58.0 Å². The Kier molecular flexibility index (Phi) is 14.9. The first-order chi connectivity index (χ1) is 11.2. The van der Waals surface area contributed by atoms with Crippen LogP contribution in [0.5, 0.6) is 0 Å². The lowest BCUT2D eigenvalue weighted by Crippen LogP contribution is -2.32. The molecule has 0 aliphatic carbocycles. The number of carbonyl (C=O) groups excluding carboxylic acids is 1. The zero-order valence-corrected chi connectivity index (χ0v) is 17.8. The van der Waals surface area contributed by atoms with E-state index in [9.17, 15) is 4.79 Å². The highest BCUT2D eigenvalue weighted by Gasteiger charge is 2.18. The summed E-state index contributed by atoms with van der Waals surface area (Å²) in [5.74, 6) is 6.01. The van der Waals surface area contributed by atoms with E-state index in [1.54, 1.807) is 6.92 Å². The van der Waals surface area contributed by atoms with E-state index in [-0.39, 0.29) is 11.9 Å². The van der Waals surface area contributed by atoms with Crippen LogP contribution in [0.3, 0.4) is 0 Å². The summed E-state index contributed by atoms with van der Waals surface area (Å²) in [5, 5.41) is 3.01. The molecule has 0 saturated heterocycles. The molecule has 0 rings (SSSR count). The first kappa shape index (κ1) is 24.5. The van der Waals surface area contributed by atoms with Crippen LogP contribution in [0, 0.1) is 11.8 Å². The van der Waals surface area contributed by atoms with Gasteiger partial charge in [-0.25, -0.2) is 0 Å². The number of unbranched alkanes of at least 4 members (excludes halogenated alkanes) is 4. The maximum atomic E-state index is 11.3. The Morgan fingerprint density at radius 1 is 1.00 bits per heavy atom. The van der Waals surface area contributed by atoms with Crippen molar-refractivity contribution >= 4 is 63.9 Å². The maximum absolute atomic E-state index is 11.3. The van der Waals surface area contributed by atoms with Crippen LogP contribution in [0.4, 0.5) is 0 Å². The number of alkyl halides is 5. The van der Waals surface area contributed by atoms with Gasteiger partial charge in [0.25, 0.3) is 0 Å². The van der Waals surface area contributed by atoms with Crippen molar-refractivity contribution in [2.24, 2.45) is 0 Å². The molecule has 0 fully saturated rings. The fourth-order valence-electron chi connectivity index (χ4n) is 2.32. The second kappa shape index (κ2) is 14.6. The van der Waals surface area contributed by atoms with Gasteiger partial charge >= 0.3 is 0 Å². The Labute approximate surface area is 171 Å². The van der Waals surface area contributed by atoms with E-state index in [2.05, 4.69) is 17.2 Å². The standard InChI is InChI=1S/C17H26Cl5NO/c1-14(24)23-15(10-6-2-3-8-12-16(18)19)11-7-4-5-9-13-17(20,21)22/h15-16H,2,4-7,9-13H2,1H3,(H,23,24)/t15-/m0/s1. The van der Waals surface area contributed by atoms with Crippen molar-refractivity contribution in [2.75, 3.05) is 0 Å². The first-order valence-corrected chi connectivity index (χ1v) is 10.3. The van der Waals surface area contributed by atoms with E-state index in [0.29, 0.717) is 12.8 Å². The molecular weight excluding hydrogens is 411 g/mol. The summed E-state index contributed by atoms with van der Waals surface area (Å²) in [4.78, 5) is 10.9. The molecule has 1 N–H and O–H groups in total. The first-order valence-electron chi connectivity index (χ1n) is 8.28. The molecule has 7 heteroatoms. The van der Waals surface area contributed by atoms with Crippen LogP contribution in [0.1, 0.15) is 71.1 Å². The number of hydrogen-bond acceptors (Lipinski definition) is 1. The van der Waals surface area contributed by atoms with Crippen LogP contribution >= 0.6 is 58.0 Å². The maximum Gasteiger partial charge on any atom is 0.217 e. The summed E-state index contributed by atoms with van der Waals surface area (Å²) in [6.45, 7) is 1.55. The highest BCUT2D eigenvalue weighted by atomic mass is 35.6. The van der Waals surface area contributed by atoms with Crippen molar-refractivity contribution in [3.8, 4) is 11.8 Å². The van der Waals surface area contributed by atoms with Crippen LogP contribution in [0.25, 0.3) is 0 Å². The number of halogens is 5. The van der Waals surface area contributed by atoms with Gasteiger partial charge in [0, 0.05) is 25.8 Å². The molecule has 1 atom stereocenters. The molecule has 0 aliphatic heterocycles. The lowest BCUT2D eigenvalue weighted by Gasteiger charge is -2.17.